The Balaban J connectivity index is 1.50. The number of hydrazone groups is 1. The maximum atomic E-state index is 12.5. The molecular weight excluding hydrogens is 534 g/mol. The Morgan fingerprint density at radius 1 is 0.969 bits per heavy atom. The van der Waals surface area contributed by atoms with E-state index in [4.69, 9.17) is 0 Å². The van der Waals surface area contributed by atoms with Crippen molar-refractivity contribution in [1.29, 1.82) is 0 Å². The smallest absolute Gasteiger partial charge is 0.271 e. The van der Waals surface area contributed by atoms with Crippen LogP contribution in [-0.2, 0) is 0 Å². The van der Waals surface area contributed by atoms with E-state index in [1.807, 2.05) is 30.3 Å². The van der Waals surface area contributed by atoms with Crippen LogP contribution >= 0.6 is 31.9 Å². The minimum absolute atomic E-state index is 0.111. The van der Waals surface area contributed by atoms with E-state index in [2.05, 4.69) is 78.1 Å². The second-order valence-electron chi connectivity index (χ2n) is 7.14. The van der Waals surface area contributed by atoms with Crippen LogP contribution in [0.2, 0.25) is 0 Å². The number of aromatic nitrogens is 1. The quantitative estimate of drug-likeness (QED) is 0.221. The molecule has 2 N–H and O–H groups in total. The molecule has 1 amide bonds. The average Bonchev–Trinajstić information content (AvgIpc) is 3.19. The fourth-order valence-electron chi connectivity index (χ4n) is 3.37. The third kappa shape index (κ3) is 4.69. The zero-order valence-corrected chi connectivity index (χ0v) is 20.3. The molecule has 0 aliphatic rings. The fourth-order valence-corrected chi connectivity index (χ4v) is 4.59. The molecule has 160 valence electrons. The van der Waals surface area contributed by atoms with Crippen molar-refractivity contribution in [2.75, 3.05) is 0 Å². The Kier molecular flexibility index (Phi) is 6.58. The summed E-state index contributed by atoms with van der Waals surface area (Å²) in [6.07, 6.45) is 1.51. The van der Waals surface area contributed by atoms with Gasteiger partial charge >= 0.3 is 0 Å². The van der Waals surface area contributed by atoms with E-state index >= 15 is 0 Å². The van der Waals surface area contributed by atoms with Crippen molar-refractivity contribution in [1.82, 2.24) is 9.99 Å². The zero-order chi connectivity index (χ0) is 22.7. The third-order valence-electron chi connectivity index (χ3n) is 4.95. The number of carbonyl (C=O) groups is 1. The molecule has 7 heteroatoms. The normalized spacial score (nSPS) is 11.1. The summed E-state index contributed by atoms with van der Waals surface area (Å²) in [5, 5.41) is 13.8. The molecule has 4 aromatic rings. The van der Waals surface area contributed by atoms with Gasteiger partial charge in [-0.2, -0.15) is 5.10 Å². The van der Waals surface area contributed by atoms with Gasteiger partial charge in [0.05, 0.1) is 20.9 Å². The van der Waals surface area contributed by atoms with Gasteiger partial charge in [0.15, 0.2) is 0 Å². The molecule has 5 nitrogen and oxygen atoms in total. The highest BCUT2D eigenvalue weighted by molar-refractivity contribution is 9.11. The summed E-state index contributed by atoms with van der Waals surface area (Å²) in [7, 11) is 0. The van der Waals surface area contributed by atoms with Crippen molar-refractivity contribution in [3.63, 3.8) is 0 Å². The van der Waals surface area contributed by atoms with Crippen molar-refractivity contribution in [2.45, 2.75) is 6.92 Å². The average molecular weight is 553 g/mol. The molecule has 0 saturated heterocycles. The summed E-state index contributed by atoms with van der Waals surface area (Å²) in [6.45, 7) is 2.06. The number of rotatable bonds is 5. The number of nitrogens with one attached hydrogen (secondary N) is 1. The Bertz CT molecular complexity index is 1270. The number of aromatic hydroxyl groups is 1. The number of benzene rings is 3. The molecule has 0 aliphatic heterocycles. The van der Waals surface area contributed by atoms with Crippen molar-refractivity contribution in [3.8, 4) is 22.7 Å². The predicted molar refractivity (Wildman–Crippen MR) is 135 cm³/mol. The van der Waals surface area contributed by atoms with E-state index in [1.165, 1.54) is 6.21 Å². The first-order valence-corrected chi connectivity index (χ1v) is 11.4. The third-order valence-corrected chi connectivity index (χ3v) is 6.16. The second-order valence-corrected chi connectivity index (χ2v) is 8.85. The highest BCUT2D eigenvalue weighted by Crippen LogP contribution is 2.32. The fraction of sp³-hybridized carbons (Fsp3) is 0.0400. The molecule has 1 heterocycles. The van der Waals surface area contributed by atoms with Gasteiger partial charge in [0.25, 0.3) is 5.91 Å². The van der Waals surface area contributed by atoms with Crippen LogP contribution < -0.4 is 5.43 Å². The molecule has 0 spiro atoms. The molecule has 0 unspecified atom stereocenters. The SMILES string of the molecule is Cc1ccc(-c2ccccc2)n1-c1ccc(C(=O)N/N=C/c2cc(Br)c(O)c(Br)c2)cc1. The molecule has 0 atom stereocenters. The lowest BCUT2D eigenvalue weighted by Crippen LogP contribution is -2.17. The van der Waals surface area contributed by atoms with Crippen molar-refractivity contribution < 1.29 is 9.90 Å². The molecular formula is C25H19Br2N3O2. The van der Waals surface area contributed by atoms with E-state index in [9.17, 15) is 9.90 Å². The number of phenolic OH excluding ortho intramolecular Hbond substituents is 1. The Morgan fingerprint density at radius 3 is 2.28 bits per heavy atom. The summed E-state index contributed by atoms with van der Waals surface area (Å²) >= 11 is 6.54. The lowest BCUT2D eigenvalue weighted by Gasteiger charge is -2.12. The van der Waals surface area contributed by atoms with Crippen LogP contribution in [0.1, 0.15) is 21.6 Å². The largest absolute Gasteiger partial charge is 0.506 e. The van der Waals surface area contributed by atoms with Crippen LogP contribution in [0.3, 0.4) is 0 Å². The summed E-state index contributed by atoms with van der Waals surface area (Å²) in [4.78, 5) is 12.5. The number of carbonyl (C=O) groups excluding carboxylic acids is 1. The van der Waals surface area contributed by atoms with Gasteiger partial charge in [-0.3, -0.25) is 4.79 Å². The summed E-state index contributed by atoms with van der Waals surface area (Å²) in [6, 6.07) is 25.2. The monoisotopic (exact) mass is 551 g/mol. The lowest BCUT2D eigenvalue weighted by atomic mass is 10.1. The van der Waals surface area contributed by atoms with E-state index in [0.717, 1.165) is 22.6 Å². The molecule has 4 rings (SSSR count). The predicted octanol–water partition coefficient (Wildman–Crippen LogP) is 6.45. The van der Waals surface area contributed by atoms with Crippen LogP contribution in [0.4, 0.5) is 0 Å². The van der Waals surface area contributed by atoms with Gasteiger partial charge in [-0.1, -0.05) is 30.3 Å². The first-order valence-electron chi connectivity index (χ1n) is 9.79. The van der Waals surface area contributed by atoms with Gasteiger partial charge in [-0.15, -0.1) is 0 Å². The molecule has 0 radical (unpaired) electrons. The summed E-state index contributed by atoms with van der Waals surface area (Å²) < 4.78 is 3.23. The highest BCUT2D eigenvalue weighted by Gasteiger charge is 2.11. The van der Waals surface area contributed by atoms with E-state index in [0.29, 0.717) is 20.1 Å². The minimum atomic E-state index is -0.308. The molecule has 32 heavy (non-hydrogen) atoms. The Morgan fingerprint density at radius 2 is 1.62 bits per heavy atom. The van der Waals surface area contributed by atoms with Gasteiger partial charge in [-0.05, 0) is 98.4 Å². The lowest BCUT2D eigenvalue weighted by molar-refractivity contribution is 0.0955. The van der Waals surface area contributed by atoms with Gasteiger partial charge in [-0.25, -0.2) is 5.43 Å². The van der Waals surface area contributed by atoms with E-state index in [-0.39, 0.29) is 11.7 Å². The van der Waals surface area contributed by atoms with Crippen LogP contribution in [0.15, 0.2) is 92.9 Å². The van der Waals surface area contributed by atoms with Crippen molar-refractivity contribution >= 4 is 44.0 Å². The topological polar surface area (TPSA) is 66.6 Å². The minimum Gasteiger partial charge on any atom is -0.506 e. The maximum Gasteiger partial charge on any atom is 0.271 e. The Hall–Kier alpha value is -3.16. The molecule has 0 aliphatic carbocycles. The number of phenols is 1. The van der Waals surface area contributed by atoms with E-state index in [1.54, 1.807) is 24.3 Å². The molecule has 0 bridgehead atoms. The Labute approximate surface area is 202 Å². The number of hydrogen-bond donors (Lipinski definition) is 2. The standard InChI is InChI=1S/C25H19Br2N3O2/c1-16-7-12-23(18-5-3-2-4-6-18)30(16)20-10-8-19(9-11-20)25(32)29-28-15-17-13-21(26)24(31)22(27)14-17/h2-15,31H,1H3,(H,29,32)/b28-15+. The van der Waals surface area contributed by atoms with Gasteiger partial charge in [0.1, 0.15) is 5.75 Å². The van der Waals surface area contributed by atoms with Gasteiger partial charge in [0, 0.05) is 16.9 Å². The van der Waals surface area contributed by atoms with E-state index < -0.39 is 0 Å². The zero-order valence-electron chi connectivity index (χ0n) is 17.1. The molecule has 1 aromatic heterocycles. The first kappa shape index (κ1) is 22.0. The van der Waals surface area contributed by atoms with Crippen molar-refractivity contribution in [3.05, 3.63) is 105 Å². The number of aryl methyl sites for hydroxylation is 1. The van der Waals surface area contributed by atoms with Crippen LogP contribution in [0.25, 0.3) is 16.9 Å². The number of halogens is 2. The van der Waals surface area contributed by atoms with Crippen LogP contribution in [0.5, 0.6) is 5.75 Å². The van der Waals surface area contributed by atoms with Gasteiger partial charge < -0.3 is 9.67 Å². The van der Waals surface area contributed by atoms with Crippen LogP contribution in [-0.4, -0.2) is 21.8 Å². The molecule has 0 saturated carbocycles. The molecule has 0 fully saturated rings. The first-order chi connectivity index (χ1) is 15.4. The summed E-state index contributed by atoms with van der Waals surface area (Å²) in [5.74, 6) is -0.197. The van der Waals surface area contributed by atoms with Crippen LogP contribution in [0, 0.1) is 6.92 Å². The highest BCUT2D eigenvalue weighted by atomic mass is 79.9. The maximum absolute atomic E-state index is 12.5. The molecule has 3 aromatic carbocycles. The van der Waals surface area contributed by atoms with Gasteiger partial charge in [0.2, 0.25) is 0 Å². The van der Waals surface area contributed by atoms with Crippen molar-refractivity contribution in [2.24, 2.45) is 5.10 Å². The number of nitrogens with zero attached hydrogens (tertiary/aromatic N) is 2. The number of amides is 1. The summed E-state index contributed by atoms with van der Waals surface area (Å²) in [5.41, 5.74) is 8.06. The second kappa shape index (κ2) is 9.54. The number of hydrogen-bond acceptors (Lipinski definition) is 3.